The van der Waals surface area contributed by atoms with E-state index >= 15 is 0 Å². The summed E-state index contributed by atoms with van der Waals surface area (Å²) in [7, 11) is -3.94. The van der Waals surface area contributed by atoms with Crippen molar-refractivity contribution < 1.29 is 18.0 Å². The first-order valence-electron chi connectivity index (χ1n) is 12.7. The van der Waals surface area contributed by atoms with E-state index in [1.807, 2.05) is 54.3 Å². The predicted molar refractivity (Wildman–Crippen MR) is 157 cm³/mol. The van der Waals surface area contributed by atoms with Gasteiger partial charge >= 0.3 is 0 Å². The Hall–Kier alpha value is -2.72. The molecule has 0 saturated carbocycles. The monoisotopic (exact) mass is 631 g/mol. The molecule has 0 bridgehead atoms. The molecule has 3 aromatic rings. The minimum atomic E-state index is -3.94. The predicted octanol–water partition coefficient (Wildman–Crippen LogP) is 6.19. The number of nitrogens with zero attached hydrogens (tertiary/aromatic N) is 1. The van der Waals surface area contributed by atoms with Crippen LogP contribution >= 0.6 is 27.5 Å². The van der Waals surface area contributed by atoms with Gasteiger partial charge in [0.25, 0.3) is 0 Å². The van der Waals surface area contributed by atoms with Crippen LogP contribution in [0.2, 0.25) is 5.02 Å². The van der Waals surface area contributed by atoms with Crippen molar-refractivity contribution in [3.63, 3.8) is 0 Å². The number of amides is 2. The van der Waals surface area contributed by atoms with Gasteiger partial charge in [0.05, 0.1) is 10.9 Å². The van der Waals surface area contributed by atoms with E-state index in [0.29, 0.717) is 35.3 Å². The number of rotatable bonds is 8. The molecule has 0 radical (unpaired) electrons. The number of carbonyl (C=O) groups excluding carboxylic acids is 2. The smallest absolute Gasteiger partial charge is 0.241 e. The third-order valence-corrected chi connectivity index (χ3v) is 9.30. The first-order valence-corrected chi connectivity index (χ1v) is 15.4. The number of likely N-dealkylation sites (tertiary alicyclic amines) is 1. The Kier molecular flexibility index (Phi) is 9.48. The Bertz CT molecular complexity index is 1440. The van der Waals surface area contributed by atoms with Crippen LogP contribution in [0, 0.1) is 6.92 Å². The van der Waals surface area contributed by atoms with Gasteiger partial charge in [-0.15, -0.1) is 0 Å². The molecule has 1 saturated heterocycles. The lowest BCUT2D eigenvalue weighted by Gasteiger charge is -2.33. The summed E-state index contributed by atoms with van der Waals surface area (Å²) in [6, 6.07) is 18.5. The second-order valence-corrected chi connectivity index (χ2v) is 12.8. The molecule has 0 aromatic heterocycles. The number of aryl methyl sites for hydroxylation is 1. The molecule has 1 fully saturated rings. The first-order chi connectivity index (χ1) is 18.5. The second kappa shape index (κ2) is 12.6. The summed E-state index contributed by atoms with van der Waals surface area (Å²) < 4.78 is 30.3. The van der Waals surface area contributed by atoms with Crippen molar-refractivity contribution in [3.05, 3.63) is 92.9 Å². The SMILES string of the molecule is CC(=O)Nc1ccc(S(=O)(=O)NC(CC(=O)N2CCC(c3ccc(Cl)cc3Br)CC2)c2ccc(C)cc2)cc1. The number of halogens is 2. The highest BCUT2D eigenvalue weighted by molar-refractivity contribution is 9.10. The van der Waals surface area contributed by atoms with Gasteiger partial charge in [0.2, 0.25) is 21.8 Å². The van der Waals surface area contributed by atoms with Crippen LogP contribution in [-0.2, 0) is 19.6 Å². The third kappa shape index (κ3) is 7.69. The Balaban J connectivity index is 1.47. The van der Waals surface area contributed by atoms with Gasteiger partial charge in [0.15, 0.2) is 0 Å². The van der Waals surface area contributed by atoms with Gasteiger partial charge in [-0.05, 0) is 73.2 Å². The van der Waals surface area contributed by atoms with Crippen molar-refractivity contribution in [1.82, 2.24) is 9.62 Å². The fraction of sp³-hybridized carbons (Fsp3) is 0.310. The zero-order valence-corrected chi connectivity index (χ0v) is 24.9. The van der Waals surface area contributed by atoms with Crippen molar-refractivity contribution >= 4 is 55.1 Å². The van der Waals surface area contributed by atoms with E-state index in [4.69, 9.17) is 11.6 Å². The molecule has 1 heterocycles. The number of carbonyl (C=O) groups is 2. The maximum Gasteiger partial charge on any atom is 0.241 e. The number of nitrogens with one attached hydrogen (secondary N) is 2. The minimum absolute atomic E-state index is 0.00156. The molecular weight excluding hydrogens is 602 g/mol. The highest BCUT2D eigenvalue weighted by Crippen LogP contribution is 2.35. The number of benzene rings is 3. The largest absolute Gasteiger partial charge is 0.343 e. The Morgan fingerprint density at radius 1 is 1.03 bits per heavy atom. The van der Waals surface area contributed by atoms with Crippen LogP contribution in [-0.4, -0.2) is 38.2 Å². The molecule has 2 amide bonds. The second-order valence-electron chi connectivity index (χ2n) is 9.82. The number of anilines is 1. The van der Waals surface area contributed by atoms with E-state index in [1.165, 1.54) is 36.8 Å². The molecule has 206 valence electrons. The molecule has 39 heavy (non-hydrogen) atoms. The van der Waals surface area contributed by atoms with Crippen LogP contribution in [0.4, 0.5) is 5.69 Å². The van der Waals surface area contributed by atoms with E-state index in [9.17, 15) is 18.0 Å². The van der Waals surface area contributed by atoms with Crippen LogP contribution in [0.25, 0.3) is 0 Å². The fourth-order valence-corrected chi connectivity index (χ4v) is 7.01. The Morgan fingerprint density at radius 2 is 1.67 bits per heavy atom. The topological polar surface area (TPSA) is 95.6 Å². The lowest BCUT2D eigenvalue weighted by atomic mass is 9.89. The highest BCUT2D eigenvalue weighted by atomic mass is 79.9. The van der Waals surface area contributed by atoms with Crippen LogP contribution in [0.15, 0.2) is 76.1 Å². The zero-order valence-electron chi connectivity index (χ0n) is 21.8. The summed E-state index contributed by atoms with van der Waals surface area (Å²) in [6.07, 6.45) is 1.63. The van der Waals surface area contributed by atoms with E-state index < -0.39 is 16.1 Å². The molecule has 3 aromatic carbocycles. The number of hydrogen-bond donors (Lipinski definition) is 2. The summed E-state index contributed by atoms with van der Waals surface area (Å²) in [4.78, 5) is 26.6. The Labute approximate surface area is 243 Å². The van der Waals surface area contributed by atoms with Gasteiger partial charge in [0, 0.05) is 41.6 Å². The maximum absolute atomic E-state index is 13.4. The van der Waals surface area contributed by atoms with Gasteiger partial charge < -0.3 is 10.2 Å². The van der Waals surface area contributed by atoms with Crippen LogP contribution < -0.4 is 10.0 Å². The van der Waals surface area contributed by atoms with Crippen LogP contribution in [0.5, 0.6) is 0 Å². The van der Waals surface area contributed by atoms with Crippen molar-refractivity contribution in [2.45, 2.75) is 50.0 Å². The van der Waals surface area contributed by atoms with Crippen LogP contribution in [0.3, 0.4) is 0 Å². The van der Waals surface area contributed by atoms with Crippen molar-refractivity contribution in [2.75, 3.05) is 18.4 Å². The van der Waals surface area contributed by atoms with Crippen molar-refractivity contribution in [3.8, 4) is 0 Å². The zero-order chi connectivity index (χ0) is 28.2. The first kappa shape index (κ1) is 29.3. The summed E-state index contributed by atoms with van der Waals surface area (Å²) >= 11 is 9.69. The van der Waals surface area contributed by atoms with Crippen molar-refractivity contribution in [1.29, 1.82) is 0 Å². The lowest BCUT2D eigenvalue weighted by Crippen LogP contribution is -2.40. The van der Waals surface area contributed by atoms with E-state index in [1.54, 1.807) is 0 Å². The molecule has 0 aliphatic carbocycles. The molecule has 0 spiro atoms. The van der Waals surface area contributed by atoms with Gasteiger partial charge in [-0.3, -0.25) is 9.59 Å². The number of sulfonamides is 1. The fourth-order valence-electron chi connectivity index (χ4n) is 4.78. The summed E-state index contributed by atoms with van der Waals surface area (Å²) in [6.45, 7) is 4.52. The van der Waals surface area contributed by atoms with E-state index in [2.05, 4.69) is 26.0 Å². The van der Waals surface area contributed by atoms with Gasteiger partial charge in [-0.25, -0.2) is 13.1 Å². The third-order valence-electron chi connectivity index (χ3n) is 6.89. The molecule has 1 atom stereocenters. The quantitative estimate of drug-likeness (QED) is 0.310. The van der Waals surface area contributed by atoms with Crippen LogP contribution in [0.1, 0.15) is 54.8 Å². The molecule has 1 unspecified atom stereocenters. The van der Waals surface area contributed by atoms with E-state index in [0.717, 1.165) is 22.9 Å². The van der Waals surface area contributed by atoms with Gasteiger partial charge in [-0.2, -0.15) is 0 Å². The average molecular weight is 633 g/mol. The van der Waals surface area contributed by atoms with Crippen molar-refractivity contribution in [2.24, 2.45) is 0 Å². The molecule has 7 nitrogen and oxygen atoms in total. The van der Waals surface area contributed by atoms with Gasteiger partial charge in [-0.1, -0.05) is 63.4 Å². The van der Waals surface area contributed by atoms with Gasteiger partial charge in [0.1, 0.15) is 0 Å². The molecule has 1 aliphatic rings. The maximum atomic E-state index is 13.4. The summed E-state index contributed by atoms with van der Waals surface area (Å²) in [5.41, 5.74) is 3.44. The number of hydrogen-bond acceptors (Lipinski definition) is 4. The molecule has 4 rings (SSSR count). The summed E-state index contributed by atoms with van der Waals surface area (Å²) in [5.74, 6) is -0.0306. The molecule has 2 N–H and O–H groups in total. The summed E-state index contributed by atoms with van der Waals surface area (Å²) in [5, 5.41) is 3.30. The molecular formula is C29H31BrClN3O4S. The number of piperidine rings is 1. The molecule has 10 heteroatoms. The lowest BCUT2D eigenvalue weighted by molar-refractivity contribution is -0.132. The standard InChI is InChI=1S/C29H31BrClN3O4S/c1-19-3-5-22(6-4-19)28(33-39(37,38)25-10-8-24(9-11-25)32-20(2)35)18-29(36)34-15-13-21(14-16-34)26-12-7-23(31)17-27(26)30/h3-12,17,21,28,33H,13-16,18H2,1-2H3,(H,32,35). The minimum Gasteiger partial charge on any atom is -0.343 e. The average Bonchev–Trinajstić information content (AvgIpc) is 2.89. The molecule has 1 aliphatic heterocycles. The Morgan fingerprint density at radius 3 is 2.26 bits per heavy atom. The van der Waals surface area contributed by atoms with E-state index in [-0.39, 0.29) is 23.1 Å². The highest BCUT2D eigenvalue weighted by Gasteiger charge is 2.29. The normalized spacial score (nSPS) is 15.1.